The predicted molar refractivity (Wildman–Crippen MR) is 71.7 cm³/mol. The van der Waals surface area contributed by atoms with Gasteiger partial charge in [0, 0.05) is 24.6 Å². The van der Waals surface area contributed by atoms with E-state index < -0.39 is 0 Å². The van der Waals surface area contributed by atoms with Crippen LogP contribution < -0.4 is 9.47 Å². The Kier molecular flexibility index (Phi) is 3.46. The highest BCUT2D eigenvalue weighted by molar-refractivity contribution is 5.95. The first-order valence-corrected chi connectivity index (χ1v) is 6.86. The van der Waals surface area contributed by atoms with E-state index in [1.165, 1.54) is 0 Å². The van der Waals surface area contributed by atoms with Crippen molar-refractivity contribution < 1.29 is 14.3 Å². The Bertz CT molecular complexity index is 557. The standard InChI is InChI=1S/C15H16N2O3/c16-10-11-3-5-17(6-4-11)15(18)12-1-2-13-14(9-12)20-8-7-19-13/h1-2,9,11H,3-8H2. The molecule has 2 heterocycles. The fourth-order valence-electron chi connectivity index (χ4n) is 2.57. The van der Waals surface area contributed by atoms with Crippen molar-refractivity contribution in [1.29, 1.82) is 5.26 Å². The van der Waals surface area contributed by atoms with E-state index in [2.05, 4.69) is 6.07 Å². The third-order valence-corrected chi connectivity index (χ3v) is 3.75. The highest BCUT2D eigenvalue weighted by Gasteiger charge is 2.24. The van der Waals surface area contributed by atoms with Gasteiger partial charge in [0.15, 0.2) is 11.5 Å². The number of likely N-dealkylation sites (tertiary alicyclic amines) is 1. The molecular weight excluding hydrogens is 256 g/mol. The van der Waals surface area contributed by atoms with Gasteiger partial charge in [0.2, 0.25) is 0 Å². The van der Waals surface area contributed by atoms with E-state index in [4.69, 9.17) is 14.7 Å². The molecule has 104 valence electrons. The number of rotatable bonds is 1. The number of fused-ring (bicyclic) bond motifs is 1. The van der Waals surface area contributed by atoms with Crippen LogP contribution in [-0.4, -0.2) is 37.1 Å². The van der Waals surface area contributed by atoms with Crippen LogP contribution in [0.3, 0.4) is 0 Å². The molecule has 1 saturated heterocycles. The minimum Gasteiger partial charge on any atom is -0.486 e. The zero-order valence-corrected chi connectivity index (χ0v) is 11.2. The normalized spacial score (nSPS) is 18.4. The summed E-state index contributed by atoms with van der Waals surface area (Å²) in [7, 11) is 0. The van der Waals surface area contributed by atoms with Gasteiger partial charge in [0.25, 0.3) is 5.91 Å². The van der Waals surface area contributed by atoms with Crippen molar-refractivity contribution in [2.45, 2.75) is 12.8 Å². The smallest absolute Gasteiger partial charge is 0.253 e. The Morgan fingerprint density at radius 1 is 1.20 bits per heavy atom. The van der Waals surface area contributed by atoms with E-state index in [-0.39, 0.29) is 11.8 Å². The maximum Gasteiger partial charge on any atom is 0.253 e. The average molecular weight is 272 g/mol. The van der Waals surface area contributed by atoms with Crippen LogP contribution in [0.2, 0.25) is 0 Å². The zero-order valence-electron chi connectivity index (χ0n) is 11.2. The Hall–Kier alpha value is -2.22. The van der Waals surface area contributed by atoms with Crippen LogP contribution in [0, 0.1) is 17.2 Å². The van der Waals surface area contributed by atoms with Crippen molar-refractivity contribution >= 4 is 5.91 Å². The molecule has 20 heavy (non-hydrogen) atoms. The van der Waals surface area contributed by atoms with E-state index in [1.807, 2.05) is 0 Å². The number of carbonyl (C=O) groups excluding carboxylic acids is 1. The van der Waals surface area contributed by atoms with Gasteiger partial charge in [-0.2, -0.15) is 5.26 Å². The molecule has 1 aromatic rings. The molecule has 0 N–H and O–H groups in total. The molecule has 3 rings (SSSR count). The zero-order chi connectivity index (χ0) is 13.9. The van der Waals surface area contributed by atoms with Crippen molar-refractivity contribution in [3.63, 3.8) is 0 Å². The summed E-state index contributed by atoms with van der Waals surface area (Å²) in [5.41, 5.74) is 0.615. The molecule has 0 aromatic heterocycles. The average Bonchev–Trinajstić information content (AvgIpc) is 2.54. The van der Waals surface area contributed by atoms with Crippen molar-refractivity contribution in [2.24, 2.45) is 5.92 Å². The molecule has 0 atom stereocenters. The first kappa shape index (κ1) is 12.8. The highest BCUT2D eigenvalue weighted by Crippen LogP contribution is 2.31. The number of amides is 1. The van der Waals surface area contributed by atoms with E-state index in [1.54, 1.807) is 23.1 Å². The Morgan fingerprint density at radius 3 is 2.60 bits per heavy atom. The lowest BCUT2D eigenvalue weighted by Gasteiger charge is -2.29. The van der Waals surface area contributed by atoms with Gasteiger partial charge in [0.1, 0.15) is 13.2 Å². The summed E-state index contributed by atoms with van der Waals surface area (Å²) >= 11 is 0. The molecule has 2 aliphatic heterocycles. The molecule has 0 aliphatic carbocycles. The molecule has 0 spiro atoms. The molecule has 1 fully saturated rings. The Balaban J connectivity index is 1.73. The number of carbonyl (C=O) groups is 1. The molecule has 2 aliphatic rings. The van der Waals surface area contributed by atoms with E-state index in [0.29, 0.717) is 43.4 Å². The molecule has 1 aromatic carbocycles. The number of hydrogen-bond donors (Lipinski definition) is 0. The van der Waals surface area contributed by atoms with Gasteiger partial charge >= 0.3 is 0 Å². The number of ether oxygens (including phenoxy) is 2. The van der Waals surface area contributed by atoms with Crippen LogP contribution in [0.25, 0.3) is 0 Å². The summed E-state index contributed by atoms with van der Waals surface area (Å²) < 4.78 is 10.9. The van der Waals surface area contributed by atoms with Crippen LogP contribution in [0.1, 0.15) is 23.2 Å². The quantitative estimate of drug-likeness (QED) is 0.782. The van der Waals surface area contributed by atoms with Gasteiger partial charge in [0.05, 0.1) is 6.07 Å². The second kappa shape index (κ2) is 5.41. The van der Waals surface area contributed by atoms with Gasteiger partial charge in [-0.25, -0.2) is 0 Å². The number of nitriles is 1. The molecule has 0 saturated carbocycles. The van der Waals surface area contributed by atoms with Gasteiger partial charge in [-0.1, -0.05) is 0 Å². The Labute approximate surface area is 117 Å². The second-order valence-electron chi connectivity index (χ2n) is 5.05. The first-order valence-electron chi connectivity index (χ1n) is 6.86. The van der Waals surface area contributed by atoms with Crippen LogP contribution in [-0.2, 0) is 0 Å². The van der Waals surface area contributed by atoms with Gasteiger partial charge < -0.3 is 14.4 Å². The molecule has 5 heteroatoms. The molecule has 0 radical (unpaired) electrons. The number of hydrogen-bond acceptors (Lipinski definition) is 4. The van der Waals surface area contributed by atoms with Crippen LogP contribution in [0.4, 0.5) is 0 Å². The van der Waals surface area contributed by atoms with Gasteiger partial charge in [-0.05, 0) is 31.0 Å². The monoisotopic (exact) mass is 272 g/mol. The molecule has 0 bridgehead atoms. The first-order chi connectivity index (χ1) is 9.78. The third kappa shape index (κ3) is 2.42. The fourth-order valence-corrected chi connectivity index (χ4v) is 2.57. The maximum atomic E-state index is 12.4. The van der Waals surface area contributed by atoms with E-state index >= 15 is 0 Å². The van der Waals surface area contributed by atoms with E-state index in [0.717, 1.165) is 12.8 Å². The second-order valence-corrected chi connectivity index (χ2v) is 5.05. The van der Waals surface area contributed by atoms with Crippen molar-refractivity contribution in [3.05, 3.63) is 23.8 Å². The van der Waals surface area contributed by atoms with Gasteiger partial charge in [-0.3, -0.25) is 4.79 Å². The molecular formula is C15H16N2O3. The topological polar surface area (TPSA) is 62.6 Å². The summed E-state index contributed by atoms with van der Waals surface area (Å²) in [6.45, 7) is 2.34. The summed E-state index contributed by atoms with van der Waals surface area (Å²) in [6.07, 6.45) is 1.51. The number of piperidine rings is 1. The molecule has 5 nitrogen and oxygen atoms in total. The third-order valence-electron chi connectivity index (χ3n) is 3.75. The predicted octanol–water partition coefficient (Wildman–Crippen LogP) is 1.83. The van der Waals surface area contributed by atoms with Crippen LogP contribution in [0.5, 0.6) is 11.5 Å². The lowest BCUT2D eigenvalue weighted by molar-refractivity contribution is 0.0706. The lowest BCUT2D eigenvalue weighted by Crippen LogP contribution is -2.38. The summed E-state index contributed by atoms with van der Waals surface area (Å²) in [5, 5.41) is 8.88. The molecule has 1 amide bonds. The largest absolute Gasteiger partial charge is 0.486 e. The van der Waals surface area contributed by atoms with Crippen molar-refractivity contribution in [2.75, 3.05) is 26.3 Å². The van der Waals surface area contributed by atoms with Crippen molar-refractivity contribution in [1.82, 2.24) is 4.90 Å². The van der Waals surface area contributed by atoms with Crippen LogP contribution >= 0.6 is 0 Å². The van der Waals surface area contributed by atoms with E-state index in [9.17, 15) is 4.79 Å². The molecule has 0 unspecified atom stereocenters. The summed E-state index contributed by atoms with van der Waals surface area (Å²) in [6, 6.07) is 7.56. The Morgan fingerprint density at radius 2 is 1.90 bits per heavy atom. The maximum absolute atomic E-state index is 12.4. The van der Waals surface area contributed by atoms with Crippen LogP contribution in [0.15, 0.2) is 18.2 Å². The minimum atomic E-state index is -0.00152. The van der Waals surface area contributed by atoms with Gasteiger partial charge in [-0.15, -0.1) is 0 Å². The fraction of sp³-hybridized carbons (Fsp3) is 0.467. The summed E-state index contributed by atoms with van der Waals surface area (Å²) in [4.78, 5) is 14.2. The number of benzene rings is 1. The summed E-state index contributed by atoms with van der Waals surface area (Å²) in [5.74, 6) is 1.41. The number of nitrogens with zero attached hydrogens (tertiary/aromatic N) is 2. The van der Waals surface area contributed by atoms with Crippen molar-refractivity contribution in [3.8, 4) is 17.6 Å². The minimum absolute atomic E-state index is 0.00152. The SMILES string of the molecule is N#CC1CCN(C(=O)c2ccc3c(c2)OCCO3)CC1. The lowest BCUT2D eigenvalue weighted by atomic mass is 9.98. The highest BCUT2D eigenvalue weighted by atomic mass is 16.6.